The fraction of sp³-hybridized carbons (Fsp3) is 0.391. The van der Waals surface area contributed by atoms with Crippen LogP contribution in [0.4, 0.5) is 10.5 Å². The topological polar surface area (TPSA) is 108 Å². The first-order chi connectivity index (χ1) is 14.9. The number of aliphatic hydroxyl groups is 1. The van der Waals surface area contributed by atoms with Crippen molar-refractivity contribution in [1.29, 1.82) is 0 Å². The third kappa shape index (κ3) is 7.38. The van der Waals surface area contributed by atoms with E-state index in [1.54, 1.807) is 44.2 Å². The average molecular weight is 481 g/mol. The van der Waals surface area contributed by atoms with Crippen LogP contribution < -0.4 is 16.4 Å². The van der Waals surface area contributed by atoms with Crippen molar-refractivity contribution in [3.05, 3.63) is 63.6 Å². The number of nitrogens with two attached hydrogens (primary N) is 1. The molecule has 3 amide bonds. The number of urea groups is 1. The SMILES string of the molecule is CC(C)N(C[C@@H](O)c1ccc(Cl)c(Cl)c1)C(=O)Nc1ccc(CNC(=O)C(C)(C)N)cc1. The Kier molecular flexibility index (Phi) is 8.92. The van der Waals surface area contributed by atoms with Gasteiger partial charge in [0.15, 0.2) is 0 Å². The van der Waals surface area contributed by atoms with Crippen molar-refractivity contribution in [2.75, 3.05) is 11.9 Å². The lowest BCUT2D eigenvalue weighted by Crippen LogP contribution is -2.48. The first kappa shape index (κ1) is 25.9. The molecule has 0 fully saturated rings. The van der Waals surface area contributed by atoms with E-state index in [0.29, 0.717) is 27.8 Å². The standard InChI is InChI=1S/C23H30Cl2N4O3/c1-14(2)29(13-20(30)16-7-10-18(24)19(25)11-16)22(32)28-17-8-5-15(6-9-17)12-27-21(31)23(3,4)26/h5-11,14,20,30H,12-13,26H2,1-4H3,(H,27,31)(H,28,32)/t20-/m1/s1. The van der Waals surface area contributed by atoms with Gasteiger partial charge >= 0.3 is 6.03 Å². The maximum Gasteiger partial charge on any atom is 0.322 e. The average Bonchev–Trinajstić information content (AvgIpc) is 2.71. The van der Waals surface area contributed by atoms with Crippen LogP contribution in [0.1, 0.15) is 44.9 Å². The lowest BCUT2D eigenvalue weighted by atomic mass is 10.1. The van der Waals surface area contributed by atoms with E-state index >= 15 is 0 Å². The molecule has 0 saturated carbocycles. The summed E-state index contributed by atoms with van der Waals surface area (Å²) in [5, 5.41) is 17.0. The van der Waals surface area contributed by atoms with Gasteiger partial charge < -0.3 is 26.4 Å². The Morgan fingerprint density at radius 3 is 2.25 bits per heavy atom. The van der Waals surface area contributed by atoms with E-state index in [1.807, 2.05) is 26.0 Å². The minimum Gasteiger partial charge on any atom is -0.387 e. The number of amides is 3. The molecular weight excluding hydrogens is 451 g/mol. The third-order valence-corrected chi connectivity index (χ3v) is 5.56. The van der Waals surface area contributed by atoms with E-state index in [-0.39, 0.29) is 24.5 Å². The van der Waals surface area contributed by atoms with Crippen molar-refractivity contribution < 1.29 is 14.7 Å². The van der Waals surface area contributed by atoms with Crippen LogP contribution in [0.15, 0.2) is 42.5 Å². The molecule has 2 aromatic carbocycles. The molecule has 0 spiro atoms. The van der Waals surface area contributed by atoms with E-state index in [0.717, 1.165) is 5.56 Å². The number of hydrogen-bond acceptors (Lipinski definition) is 4. The molecule has 0 heterocycles. The molecule has 2 rings (SSSR count). The second-order valence-electron chi connectivity index (χ2n) is 8.47. The maximum atomic E-state index is 12.8. The molecule has 1 atom stereocenters. The van der Waals surface area contributed by atoms with Crippen molar-refractivity contribution >= 4 is 40.8 Å². The Morgan fingerprint density at radius 2 is 1.72 bits per heavy atom. The van der Waals surface area contributed by atoms with Gasteiger partial charge in [0.1, 0.15) is 0 Å². The van der Waals surface area contributed by atoms with E-state index in [4.69, 9.17) is 28.9 Å². The lowest BCUT2D eigenvalue weighted by molar-refractivity contribution is -0.125. The Balaban J connectivity index is 2.00. The normalized spacial score (nSPS) is 12.4. The molecule has 32 heavy (non-hydrogen) atoms. The molecule has 2 aromatic rings. The smallest absolute Gasteiger partial charge is 0.322 e. The summed E-state index contributed by atoms with van der Waals surface area (Å²) < 4.78 is 0. The Bertz CT molecular complexity index is 943. The second kappa shape index (κ2) is 11.0. The Hall–Kier alpha value is -2.32. The third-order valence-electron chi connectivity index (χ3n) is 4.83. The molecule has 0 aliphatic heterocycles. The highest BCUT2D eigenvalue weighted by Crippen LogP contribution is 2.26. The zero-order valence-electron chi connectivity index (χ0n) is 18.7. The van der Waals surface area contributed by atoms with Crippen molar-refractivity contribution in [3.8, 4) is 0 Å². The quantitative estimate of drug-likeness (QED) is 0.450. The van der Waals surface area contributed by atoms with Crippen LogP contribution in [-0.4, -0.2) is 40.1 Å². The molecule has 9 heteroatoms. The number of benzene rings is 2. The molecule has 5 N–H and O–H groups in total. The molecule has 0 radical (unpaired) electrons. The van der Waals surface area contributed by atoms with Crippen LogP contribution in [0.3, 0.4) is 0 Å². The van der Waals surface area contributed by atoms with Crippen molar-refractivity contribution in [2.24, 2.45) is 5.73 Å². The lowest BCUT2D eigenvalue weighted by Gasteiger charge is -2.29. The minimum absolute atomic E-state index is 0.0838. The van der Waals surface area contributed by atoms with Gasteiger partial charge in [-0.3, -0.25) is 4.79 Å². The molecule has 0 unspecified atom stereocenters. The van der Waals surface area contributed by atoms with Gasteiger partial charge in [-0.1, -0.05) is 41.4 Å². The second-order valence-corrected chi connectivity index (χ2v) is 9.28. The summed E-state index contributed by atoms with van der Waals surface area (Å²) in [5.41, 5.74) is 6.86. The van der Waals surface area contributed by atoms with E-state index in [1.165, 1.54) is 4.90 Å². The molecule has 0 aromatic heterocycles. The zero-order valence-corrected chi connectivity index (χ0v) is 20.2. The first-order valence-electron chi connectivity index (χ1n) is 10.2. The summed E-state index contributed by atoms with van der Waals surface area (Å²) in [5.74, 6) is -0.247. The van der Waals surface area contributed by atoms with Gasteiger partial charge in [-0.25, -0.2) is 4.79 Å². The van der Waals surface area contributed by atoms with E-state index < -0.39 is 11.6 Å². The van der Waals surface area contributed by atoms with Gasteiger partial charge in [-0.2, -0.15) is 0 Å². The number of hydrogen-bond donors (Lipinski definition) is 4. The fourth-order valence-electron chi connectivity index (χ4n) is 2.85. The van der Waals surface area contributed by atoms with Crippen LogP contribution in [0.2, 0.25) is 10.0 Å². The molecule has 0 saturated heterocycles. The van der Waals surface area contributed by atoms with Gasteiger partial charge in [0.2, 0.25) is 5.91 Å². The highest BCUT2D eigenvalue weighted by Gasteiger charge is 2.23. The molecular formula is C23H30Cl2N4O3. The van der Waals surface area contributed by atoms with E-state index in [9.17, 15) is 14.7 Å². The predicted octanol–water partition coefficient (Wildman–Crippen LogP) is 4.32. The highest BCUT2D eigenvalue weighted by molar-refractivity contribution is 6.42. The molecule has 174 valence electrons. The van der Waals surface area contributed by atoms with E-state index in [2.05, 4.69) is 10.6 Å². The number of halogens is 2. The summed E-state index contributed by atoms with van der Waals surface area (Å²) in [6.07, 6.45) is -0.921. The van der Waals surface area contributed by atoms with Gasteiger partial charge in [0.05, 0.1) is 28.2 Å². The van der Waals surface area contributed by atoms with Crippen LogP contribution in [-0.2, 0) is 11.3 Å². The van der Waals surface area contributed by atoms with Crippen molar-refractivity contribution in [2.45, 2.75) is 51.9 Å². The summed E-state index contributed by atoms with van der Waals surface area (Å²) in [7, 11) is 0. The van der Waals surface area contributed by atoms with Crippen molar-refractivity contribution in [3.63, 3.8) is 0 Å². The summed E-state index contributed by atoms with van der Waals surface area (Å²) in [6.45, 7) is 7.43. The number of rotatable bonds is 8. The number of nitrogens with one attached hydrogen (secondary N) is 2. The number of anilines is 1. The number of nitrogens with zero attached hydrogens (tertiary/aromatic N) is 1. The van der Waals surface area contributed by atoms with Gasteiger partial charge in [-0.15, -0.1) is 0 Å². The van der Waals surface area contributed by atoms with Crippen LogP contribution in [0.25, 0.3) is 0 Å². The number of carbonyl (C=O) groups excluding carboxylic acids is 2. The first-order valence-corrected chi connectivity index (χ1v) is 11.0. The largest absolute Gasteiger partial charge is 0.387 e. The Labute approximate surface area is 198 Å². The minimum atomic E-state index is -0.948. The van der Waals surface area contributed by atoms with Crippen LogP contribution >= 0.6 is 23.2 Å². The zero-order chi connectivity index (χ0) is 24.1. The van der Waals surface area contributed by atoms with Crippen LogP contribution in [0, 0.1) is 0 Å². The summed E-state index contributed by atoms with van der Waals surface area (Å²) >= 11 is 12.0. The van der Waals surface area contributed by atoms with Crippen LogP contribution in [0.5, 0.6) is 0 Å². The molecule has 0 aliphatic carbocycles. The number of aliphatic hydroxyl groups excluding tert-OH is 1. The van der Waals surface area contributed by atoms with Gasteiger partial charge in [-0.05, 0) is 63.1 Å². The molecule has 0 aliphatic rings. The monoisotopic (exact) mass is 480 g/mol. The van der Waals surface area contributed by atoms with Gasteiger partial charge in [0, 0.05) is 18.3 Å². The van der Waals surface area contributed by atoms with Gasteiger partial charge in [0.25, 0.3) is 0 Å². The summed E-state index contributed by atoms with van der Waals surface area (Å²) in [4.78, 5) is 26.3. The maximum absolute atomic E-state index is 12.8. The van der Waals surface area contributed by atoms with Crippen molar-refractivity contribution in [1.82, 2.24) is 10.2 Å². The predicted molar refractivity (Wildman–Crippen MR) is 129 cm³/mol. The molecule has 7 nitrogen and oxygen atoms in total. The Morgan fingerprint density at radius 1 is 1.09 bits per heavy atom. The highest BCUT2D eigenvalue weighted by atomic mass is 35.5. The molecule has 0 bridgehead atoms. The fourth-order valence-corrected chi connectivity index (χ4v) is 3.16. The summed E-state index contributed by atoms with van der Waals surface area (Å²) in [6, 6.07) is 11.5. The number of carbonyl (C=O) groups is 2.